The van der Waals surface area contributed by atoms with Crippen molar-refractivity contribution in [2.24, 2.45) is 5.92 Å². The maximum atomic E-state index is 12.9. The van der Waals surface area contributed by atoms with Crippen LogP contribution in [-0.4, -0.2) is 30.4 Å². The highest BCUT2D eigenvalue weighted by molar-refractivity contribution is 5.97. The zero-order valence-electron chi connectivity index (χ0n) is 13.6. The van der Waals surface area contributed by atoms with Gasteiger partial charge in [-0.05, 0) is 43.4 Å². The quantitative estimate of drug-likeness (QED) is 0.860. The second-order valence-corrected chi connectivity index (χ2v) is 5.89. The van der Waals surface area contributed by atoms with Crippen molar-refractivity contribution in [2.45, 2.75) is 46.5 Å². The number of nitrogens with one attached hydrogen (secondary N) is 1. The lowest BCUT2D eigenvalue weighted by atomic mass is 9.96. The van der Waals surface area contributed by atoms with Gasteiger partial charge >= 0.3 is 0 Å². The number of anilines is 1. The fourth-order valence-corrected chi connectivity index (χ4v) is 3.09. The smallest absolute Gasteiger partial charge is 0.254 e. The fraction of sp³-hybridized carbons (Fsp3) is 0.611. The number of benzene rings is 1. The molecule has 0 aromatic heterocycles. The SMILES string of the molecule is CCC(CC)CN(CC)C(=O)c1cccc2c1CCCN2. The predicted octanol–water partition coefficient (Wildman–Crippen LogP) is 3.94. The maximum Gasteiger partial charge on any atom is 0.254 e. The molecule has 3 nitrogen and oxygen atoms in total. The summed E-state index contributed by atoms with van der Waals surface area (Å²) in [7, 11) is 0. The first-order valence-corrected chi connectivity index (χ1v) is 8.36. The van der Waals surface area contributed by atoms with Crippen LogP contribution in [0.2, 0.25) is 0 Å². The second kappa shape index (κ2) is 7.48. The summed E-state index contributed by atoms with van der Waals surface area (Å²) in [6.45, 7) is 9.16. The molecule has 21 heavy (non-hydrogen) atoms. The minimum Gasteiger partial charge on any atom is -0.385 e. The van der Waals surface area contributed by atoms with Crippen LogP contribution in [0.5, 0.6) is 0 Å². The van der Waals surface area contributed by atoms with Crippen molar-refractivity contribution in [1.29, 1.82) is 0 Å². The Bertz CT molecular complexity index is 480. The molecule has 0 radical (unpaired) electrons. The van der Waals surface area contributed by atoms with E-state index in [1.807, 2.05) is 17.0 Å². The third kappa shape index (κ3) is 3.58. The molecule has 1 aliphatic heterocycles. The number of carbonyl (C=O) groups is 1. The van der Waals surface area contributed by atoms with E-state index in [9.17, 15) is 4.79 Å². The molecule has 3 heteroatoms. The molecule has 2 rings (SSSR count). The minimum atomic E-state index is 0.199. The molecule has 0 saturated heterocycles. The Labute approximate surface area is 128 Å². The van der Waals surface area contributed by atoms with Crippen molar-refractivity contribution < 1.29 is 4.79 Å². The van der Waals surface area contributed by atoms with E-state index in [-0.39, 0.29) is 5.91 Å². The Morgan fingerprint density at radius 2 is 2.05 bits per heavy atom. The number of fused-ring (bicyclic) bond motifs is 1. The standard InChI is InChI=1S/C18H28N2O/c1-4-14(5-2)13-20(6-3)18(21)16-9-7-11-17-15(16)10-8-12-19-17/h7,9,11,14,19H,4-6,8,10,12-13H2,1-3H3. The molecule has 1 N–H and O–H groups in total. The molecule has 1 aromatic carbocycles. The number of nitrogens with zero attached hydrogens (tertiary/aromatic N) is 1. The van der Waals surface area contributed by atoms with Gasteiger partial charge in [-0.2, -0.15) is 0 Å². The third-order valence-electron chi connectivity index (χ3n) is 4.63. The van der Waals surface area contributed by atoms with Gasteiger partial charge in [-0.15, -0.1) is 0 Å². The predicted molar refractivity (Wildman–Crippen MR) is 88.9 cm³/mol. The highest BCUT2D eigenvalue weighted by atomic mass is 16.2. The molecule has 116 valence electrons. The molecule has 0 saturated carbocycles. The largest absolute Gasteiger partial charge is 0.385 e. The topological polar surface area (TPSA) is 32.3 Å². The molecule has 0 atom stereocenters. The normalized spacial score (nSPS) is 13.7. The van der Waals surface area contributed by atoms with Gasteiger partial charge in [0.25, 0.3) is 5.91 Å². The van der Waals surface area contributed by atoms with Crippen LogP contribution in [0, 0.1) is 5.92 Å². The average Bonchev–Trinajstić information content (AvgIpc) is 2.55. The van der Waals surface area contributed by atoms with Crippen molar-refractivity contribution >= 4 is 11.6 Å². The van der Waals surface area contributed by atoms with E-state index < -0.39 is 0 Å². The van der Waals surface area contributed by atoms with Crippen LogP contribution in [0.3, 0.4) is 0 Å². The number of hydrogen-bond donors (Lipinski definition) is 1. The van der Waals surface area contributed by atoms with E-state index in [0.717, 1.165) is 56.6 Å². The molecule has 1 aliphatic rings. The summed E-state index contributed by atoms with van der Waals surface area (Å²) in [5.41, 5.74) is 3.25. The number of rotatable bonds is 6. The van der Waals surface area contributed by atoms with Crippen LogP contribution >= 0.6 is 0 Å². The number of amides is 1. The van der Waals surface area contributed by atoms with Crippen LogP contribution in [0.25, 0.3) is 0 Å². The Balaban J connectivity index is 2.21. The van der Waals surface area contributed by atoms with E-state index in [0.29, 0.717) is 5.92 Å². The molecule has 1 amide bonds. The minimum absolute atomic E-state index is 0.199. The average molecular weight is 288 g/mol. The molecule has 1 heterocycles. The maximum absolute atomic E-state index is 12.9. The fourth-order valence-electron chi connectivity index (χ4n) is 3.09. The zero-order valence-corrected chi connectivity index (χ0v) is 13.6. The molecular formula is C18H28N2O. The van der Waals surface area contributed by atoms with Crippen LogP contribution in [-0.2, 0) is 6.42 Å². The zero-order chi connectivity index (χ0) is 15.2. The van der Waals surface area contributed by atoms with Gasteiger partial charge in [-0.3, -0.25) is 4.79 Å². The molecule has 0 fully saturated rings. The monoisotopic (exact) mass is 288 g/mol. The van der Waals surface area contributed by atoms with E-state index in [1.165, 1.54) is 5.56 Å². The summed E-state index contributed by atoms with van der Waals surface area (Å²) in [5, 5.41) is 3.41. The van der Waals surface area contributed by atoms with Crippen LogP contribution in [0.1, 0.15) is 56.0 Å². The summed E-state index contributed by atoms with van der Waals surface area (Å²) in [4.78, 5) is 14.9. The van der Waals surface area contributed by atoms with E-state index in [4.69, 9.17) is 0 Å². The van der Waals surface area contributed by atoms with Gasteiger partial charge < -0.3 is 10.2 Å². The Morgan fingerprint density at radius 1 is 1.29 bits per heavy atom. The lowest BCUT2D eigenvalue weighted by Crippen LogP contribution is -2.36. The van der Waals surface area contributed by atoms with Gasteiger partial charge in [0.1, 0.15) is 0 Å². The second-order valence-electron chi connectivity index (χ2n) is 5.89. The lowest BCUT2D eigenvalue weighted by molar-refractivity contribution is 0.0734. The van der Waals surface area contributed by atoms with Gasteiger partial charge in [0.2, 0.25) is 0 Å². The highest BCUT2D eigenvalue weighted by Crippen LogP contribution is 2.26. The highest BCUT2D eigenvalue weighted by Gasteiger charge is 2.22. The first kappa shape index (κ1) is 15.9. The Morgan fingerprint density at radius 3 is 2.71 bits per heavy atom. The first-order valence-electron chi connectivity index (χ1n) is 8.36. The lowest BCUT2D eigenvalue weighted by Gasteiger charge is -2.28. The molecule has 0 aliphatic carbocycles. The van der Waals surface area contributed by atoms with Crippen LogP contribution in [0.4, 0.5) is 5.69 Å². The summed E-state index contributed by atoms with van der Waals surface area (Å²) >= 11 is 0. The van der Waals surface area contributed by atoms with Crippen molar-refractivity contribution in [3.8, 4) is 0 Å². The summed E-state index contributed by atoms with van der Waals surface area (Å²) < 4.78 is 0. The summed E-state index contributed by atoms with van der Waals surface area (Å²) in [5.74, 6) is 0.802. The van der Waals surface area contributed by atoms with Gasteiger partial charge in [-0.25, -0.2) is 0 Å². The summed E-state index contributed by atoms with van der Waals surface area (Å²) in [6, 6.07) is 6.07. The number of carbonyl (C=O) groups excluding carboxylic acids is 1. The van der Waals surface area contributed by atoms with Gasteiger partial charge in [0, 0.05) is 30.9 Å². The van der Waals surface area contributed by atoms with Crippen molar-refractivity contribution in [3.63, 3.8) is 0 Å². The molecular weight excluding hydrogens is 260 g/mol. The molecule has 0 spiro atoms. The van der Waals surface area contributed by atoms with Crippen LogP contribution < -0.4 is 5.32 Å². The Kier molecular flexibility index (Phi) is 5.66. The van der Waals surface area contributed by atoms with Crippen molar-refractivity contribution in [1.82, 2.24) is 4.90 Å². The molecule has 0 bridgehead atoms. The number of hydrogen-bond acceptors (Lipinski definition) is 2. The van der Waals surface area contributed by atoms with E-state index in [2.05, 4.69) is 32.2 Å². The van der Waals surface area contributed by atoms with Crippen LogP contribution in [0.15, 0.2) is 18.2 Å². The summed E-state index contributed by atoms with van der Waals surface area (Å²) in [6.07, 6.45) is 4.38. The molecule has 1 aromatic rings. The van der Waals surface area contributed by atoms with Gasteiger partial charge in [0.15, 0.2) is 0 Å². The van der Waals surface area contributed by atoms with Gasteiger partial charge in [0.05, 0.1) is 0 Å². The first-order chi connectivity index (χ1) is 10.2. The van der Waals surface area contributed by atoms with E-state index >= 15 is 0 Å². The van der Waals surface area contributed by atoms with Crippen molar-refractivity contribution in [2.75, 3.05) is 25.0 Å². The van der Waals surface area contributed by atoms with Crippen molar-refractivity contribution in [3.05, 3.63) is 29.3 Å². The third-order valence-corrected chi connectivity index (χ3v) is 4.63. The molecule has 0 unspecified atom stereocenters. The van der Waals surface area contributed by atoms with Gasteiger partial charge in [-0.1, -0.05) is 32.8 Å². The van der Waals surface area contributed by atoms with E-state index in [1.54, 1.807) is 0 Å². The Hall–Kier alpha value is -1.51.